The van der Waals surface area contributed by atoms with E-state index in [0.29, 0.717) is 24.5 Å². The van der Waals surface area contributed by atoms with E-state index in [1.807, 2.05) is 42.5 Å². The second kappa shape index (κ2) is 7.29. The Kier molecular flexibility index (Phi) is 4.93. The molecule has 1 saturated heterocycles. The summed E-state index contributed by atoms with van der Waals surface area (Å²) in [5.41, 5.74) is 1.69. The zero-order chi connectivity index (χ0) is 16.1. The van der Waals surface area contributed by atoms with Gasteiger partial charge >= 0.3 is 0 Å². The Hall–Kier alpha value is -2.33. The molecule has 1 fully saturated rings. The summed E-state index contributed by atoms with van der Waals surface area (Å²) in [4.78, 5) is 14.4. The molecule has 0 aromatic heterocycles. The van der Waals surface area contributed by atoms with Gasteiger partial charge in [0.25, 0.3) is 5.91 Å². The second-order valence-electron chi connectivity index (χ2n) is 5.78. The maximum atomic E-state index is 12.6. The number of hydrogen-bond acceptors (Lipinski definition) is 3. The van der Waals surface area contributed by atoms with Crippen LogP contribution in [-0.4, -0.2) is 35.1 Å². The van der Waals surface area contributed by atoms with E-state index >= 15 is 0 Å². The van der Waals surface area contributed by atoms with Crippen LogP contribution in [0.3, 0.4) is 0 Å². The van der Waals surface area contributed by atoms with Crippen LogP contribution in [0.2, 0.25) is 0 Å². The lowest BCUT2D eigenvalue weighted by Crippen LogP contribution is -2.37. The van der Waals surface area contributed by atoms with Gasteiger partial charge in [-0.25, -0.2) is 0 Å². The third kappa shape index (κ3) is 3.71. The van der Waals surface area contributed by atoms with Crippen LogP contribution in [-0.2, 0) is 6.61 Å². The zero-order valence-electron chi connectivity index (χ0n) is 13.0. The molecule has 2 aromatic rings. The molecule has 3 rings (SSSR count). The Morgan fingerprint density at radius 3 is 2.78 bits per heavy atom. The fourth-order valence-corrected chi connectivity index (χ4v) is 2.92. The standard InChI is InChI=1S/C19H21NO3/c21-13-17-9-5-11-20(17)19(22)16-8-4-10-18(12-16)23-14-15-6-2-1-3-7-15/h1-4,6-8,10,12,17,21H,5,9,11,13-14H2/t17-/m1/s1. The number of benzene rings is 2. The minimum Gasteiger partial charge on any atom is -0.489 e. The van der Waals surface area contributed by atoms with Gasteiger partial charge in [0.1, 0.15) is 12.4 Å². The average molecular weight is 311 g/mol. The van der Waals surface area contributed by atoms with Crippen molar-refractivity contribution in [2.75, 3.05) is 13.2 Å². The van der Waals surface area contributed by atoms with Gasteiger partial charge in [0.15, 0.2) is 0 Å². The largest absolute Gasteiger partial charge is 0.489 e. The summed E-state index contributed by atoms with van der Waals surface area (Å²) < 4.78 is 5.78. The summed E-state index contributed by atoms with van der Waals surface area (Å²) in [7, 11) is 0. The number of nitrogens with zero attached hydrogens (tertiary/aromatic N) is 1. The van der Waals surface area contributed by atoms with E-state index in [0.717, 1.165) is 18.4 Å². The van der Waals surface area contributed by atoms with Crippen LogP contribution >= 0.6 is 0 Å². The normalized spacial score (nSPS) is 17.3. The molecular weight excluding hydrogens is 290 g/mol. The highest BCUT2D eigenvalue weighted by atomic mass is 16.5. The third-order valence-corrected chi connectivity index (χ3v) is 4.18. The van der Waals surface area contributed by atoms with Crippen molar-refractivity contribution in [1.82, 2.24) is 4.90 Å². The molecule has 0 unspecified atom stereocenters. The Labute approximate surface area is 136 Å². The van der Waals surface area contributed by atoms with Gasteiger partial charge in [0.05, 0.1) is 12.6 Å². The van der Waals surface area contributed by atoms with Gasteiger partial charge < -0.3 is 14.7 Å². The van der Waals surface area contributed by atoms with E-state index in [4.69, 9.17) is 4.74 Å². The van der Waals surface area contributed by atoms with Crippen molar-refractivity contribution in [2.24, 2.45) is 0 Å². The van der Waals surface area contributed by atoms with Crippen LogP contribution < -0.4 is 4.74 Å². The van der Waals surface area contributed by atoms with Crippen LogP contribution in [0, 0.1) is 0 Å². The third-order valence-electron chi connectivity index (χ3n) is 4.18. The fraction of sp³-hybridized carbons (Fsp3) is 0.316. The van der Waals surface area contributed by atoms with Crippen LogP contribution in [0.1, 0.15) is 28.8 Å². The topological polar surface area (TPSA) is 49.8 Å². The zero-order valence-corrected chi connectivity index (χ0v) is 13.0. The summed E-state index contributed by atoms with van der Waals surface area (Å²) in [5, 5.41) is 9.38. The quantitative estimate of drug-likeness (QED) is 0.924. The van der Waals surface area contributed by atoms with Crippen molar-refractivity contribution in [3.8, 4) is 5.75 Å². The van der Waals surface area contributed by atoms with Crippen molar-refractivity contribution in [3.63, 3.8) is 0 Å². The number of amides is 1. The summed E-state index contributed by atoms with van der Waals surface area (Å²) in [5.74, 6) is 0.645. The lowest BCUT2D eigenvalue weighted by Gasteiger charge is -2.23. The summed E-state index contributed by atoms with van der Waals surface area (Å²) in [6.45, 7) is 1.20. The Morgan fingerprint density at radius 1 is 1.17 bits per heavy atom. The molecule has 1 aliphatic heterocycles. The Balaban J connectivity index is 1.68. The molecule has 4 nitrogen and oxygen atoms in total. The number of carbonyl (C=O) groups excluding carboxylic acids is 1. The molecule has 0 bridgehead atoms. The van der Waals surface area contributed by atoms with Crippen LogP contribution in [0.4, 0.5) is 0 Å². The molecule has 1 atom stereocenters. The maximum Gasteiger partial charge on any atom is 0.254 e. The highest BCUT2D eigenvalue weighted by Gasteiger charge is 2.28. The van der Waals surface area contributed by atoms with E-state index in [1.165, 1.54) is 0 Å². The van der Waals surface area contributed by atoms with Gasteiger partial charge in [-0.2, -0.15) is 0 Å². The molecular formula is C19H21NO3. The molecule has 2 aromatic carbocycles. The molecule has 4 heteroatoms. The van der Waals surface area contributed by atoms with Crippen molar-refractivity contribution in [1.29, 1.82) is 0 Å². The first kappa shape index (κ1) is 15.6. The number of carbonyl (C=O) groups is 1. The molecule has 0 spiro atoms. The second-order valence-corrected chi connectivity index (χ2v) is 5.78. The lowest BCUT2D eigenvalue weighted by atomic mass is 10.1. The molecule has 1 heterocycles. The highest BCUT2D eigenvalue weighted by Crippen LogP contribution is 2.22. The number of aliphatic hydroxyl groups is 1. The van der Waals surface area contributed by atoms with E-state index < -0.39 is 0 Å². The van der Waals surface area contributed by atoms with Crippen molar-refractivity contribution < 1.29 is 14.6 Å². The maximum absolute atomic E-state index is 12.6. The molecule has 1 N–H and O–H groups in total. The molecule has 1 aliphatic rings. The summed E-state index contributed by atoms with van der Waals surface area (Å²) in [6.07, 6.45) is 1.81. The smallest absolute Gasteiger partial charge is 0.254 e. The molecule has 120 valence electrons. The fourth-order valence-electron chi connectivity index (χ4n) is 2.92. The van der Waals surface area contributed by atoms with E-state index in [1.54, 1.807) is 17.0 Å². The van der Waals surface area contributed by atoms with Crippen LogP contribution in [0.15, 0.2) is 54.6 Å². The molecule has 23 heavy (non-hydrogen) atoms. The number of rotatable bonds is 5. The molecule has 1 amide bonds. The number of aliphatic hydroxyl groups excluding tert-OH is 1. The first-order valence-corrected chi connectivity index (χ1v) is 7.96. The van der Waals surface area contributed by atoms with Crippen LogP contribution in [0.25, 0.3) is 0 Å². The predicted octanol–water partition coefficient (Wildman–Crippen LogP) is 2.86. The number of ether oxygens (including phenoxy) is 1. The van der Waals surface area contributed by atoms with E-state index in [2.05, 4.69) is 0 Å². The van der Waals surface area contributed by atoms with Gasteiger partial charge in [-0.1, -0.05) is 36.4 Å². The summed E-state index contributed by atoms with van der Waals surface area (Å²) in [6, 6.07) is 17.1. The van der Waals surface area contributed by atoms with Gasteiger partial charge in [-0.15, -0.1) is 0 Å². The van der Waals surface area contributed by atoms with Gasteiger partial charge in [0, 0.05) is 12.1 Å². The van der Waals surface area contributed by atoms with E-state index in [-0.39, 0.29) is 18.6 Å². The molecule has 0 radical (unpaired) electrons. The average Bonchev–Trinajstić information content (AvgIpc) is 3.09. The van der Waals surface area contributed by atoms with Gasteiger partial charge in [-0.3, -0.25) is 4.79 Å². The SMILES string of the molecule is O=C(c1cccc(OCc2ccccc2)c1)N1CCC[C@@H]1CO. The molecule has 0 saturated carbocycles. The van der Waals surface area contributed by atoms with Crippen LogP contribution in [0.5, 0.6) is 5.75 Å². The highest BCUT2D eigenvalue weighted by molar-refractivity contribution is 5.95. The first-order chi connectivity index (χ1) is 11.3. The van der Waals surface area contributed by atoms with Gasteiger partial charge in [0.2, 0.25) is 0 Å². The minimum absolute atomic E-state index is 0.0237. The number of likely N-dealkylation sites (tertiary alicyclic amines) is 1. The minimum atomic E-state index is -0.0589. The first-order valence-electron chi connectivity index (χ1n) is 7.96. The lowest BCUT2D eigenvalue weighted by molar-refractivity contribution is 0.0677. The Bertz CT molecular complexity index is 657. The van der Waals surface area contributed by atoms with Crippen molar-refractivity contribution in [3.05, 3.63) is 65.7 Å². The monoisotopic (exact) mass is 311 g/mol. The summed E-state index contributed by atoms with van der Waals surface area (Å²) >= 11 is 0. The van der Waals surface area contributed by atoms with Crippen molar-refractivity contribution in [2.45, 2.75) is 25.5 Å². The van der Waals surface area contributed by atoms with E-state index in [9.17, 15) is 9.90 Å². The Morgan fingerprint density at radius 2 is 2.00 bits per heavy atom. The molecule has 0 aliphatic carbocycles. The predicted molar refractivity (Wildman–Crippen MR) is 88.4 cm³/mol. The van der Waals surface area contributed by atoms with Gasteiger partial charge in [-0.05, 0) is 36.6 Å². The van der Waals surface area contributed by atoms with Crippen molar-refractivity contribution >= 4 is 5.91 Å². The number of hydrogen-bond donors (Lipinski definition) is 1.